The standard InChI is InChI=1S/C136H229O9P3/c1-20-26-32-38-44-47-50-53-56-59-62-65-68-74-80-86-104-137-146(140-121-98-92-118(93-99-121)89-83-77-71-41-35-29-23-4)143-131-108-115(8)124(111-128(131)134(11,12)13)114(7)107-127(125-112-129(135(14,15)16)132(109-116(125)9)144-147(141-122-100-94-119(95-101-122)90-84-78-72-42-36-30-24-5)138-105-87-81-75-69-66-63-60-57-54-51-48-45-39-33-27-21-2)126-113-130(136(17,18)19)133(110-117(126)10)145-148(142-123-102-96-120(97-103-123)91-85-79-73-43-37-31-25-6)139-106-88-82-76-70-67-64-61-58-55-52-49-46-40-34-28-22-3/h92-103,108-114,127H,20-91,104-107H2,1-19H3. The van der Waals surface area contributed by atoms with E-state index in [2.05, 4.69) is 241 Å². The lowest BCUT2D eigenvalue weighted by Crippen LogP contribution is -2.19. The molecular formula is C136H229O9P3. The third-order valence-corrected chi connectivity index (χ3v) is 34.3. The number of benzene rings is 6. The second-order valence-corrected chi connectivity index (χ2v) is 51.4. The van der Waals surface area contributed by atoms with Crippen molar-refractivity contribution < 1.29 is 40.7 Å². The van der Waals surface area contributed by atoms with Gasteiger partial charge < -0.3 is 27.1 Å². The molecule has 0 heterocycles. The molecule has 4 atom stereocenters. The van der Waals surface area contributed by atoms with Gasteiger partial charge in [0.15, 0.2) is 0 Å². The summed E-state index contributed by atoms with van der Waals surface area (Å²) >= 11 is 0. The minimum absolute atomic E-state index is 0.0766. The molecule has 842 valence electrons. The van der Waals surface area contributed by atoms with E-state index in [1.807, 2.05) is 0 Å². The van der Waals surface area contributed by atoms with E-state index in [0.717, 1.165) is 115 Å². The smallest absolute Gasteiger partial charge is 0.418 e. The molecule has 0 saturated heterocycles. The summed E-state index contributed by atoms with van der Waals surface area (Å²) in [5.74, 6) is 4.81. The van der Waals surface area contributed by atoms with Gasteiger partial charge in [0.2, 0.25) is 0 Å². The fraction of sp³-hybridized carbons (Fsp3) is 0.735. The van der Waals surface area contributed by atoms with E-state index in [1.54, 1.807) is 0 Å². The Hall–Kier alpha value is -4.71. The van der Waals surface area contributed by atoms with E-state index in [4.69, 9.17) is 40.7 Å². The molecule has 0 aliphatic rings. The third-order valence-electron chi connectivity index (χ3n) is 31.0. The fourth-order valence-corrected chi connectivity index (χ4v) is 24.4. The maximum atomic E-state index is 7.43. The molecule has 6 rings (SSSR count). The fourth-order valence-electron chi connectivity index (χ4n) is 21.4. The number of hydrogen-bond donors (Lipinski definition) is 0. The van der Waals surface area contributed by atoms with Crippen molar-refractivity contribution in [3.05, 3.63) is 176 Å². The van der Waals surface area contributed by atoms with Gasteiger partial charge in [-0.3, -0.25) is 13.6 Å². The average Bonchev–Trinajstić information content (AvgIpc) is 0.758. The van der Waals surface area contributed by atoms with Crippen LogP contribution in [-0.4, -0.2) is 19.8 Å². The molecule has 0 aromatic heterocycles. The Labute approximate surface area is 919 Å². The molecule has 0 saturated carbocycles. The Morgan fingerprint density at radius 2 is 0.385 bits per heavy atom. The van der Waals surface area contributed by atoms with Gasteiger partial charge in [0.05, 0.1) is 19.8 Å². The van der Waals surface area contributed by atoms with Crippen LogP contribution in [0, 0.1) is 20.8 Å². The van der Waals surface area contributed by atoms with Crippen molar-refractivity contribution in [3.63, 3.8) is 0 Å². The molecule has 0 spiro atoms. The van der Waals surface area contributed by atoms with E-state index in [1.165, 1.54) is 455 Å². The zero-order valence-corrected chi connectivity index (χ0v) is 102. The molecule has 0 aliphatic heterocycles. The lowest BCUT2D eigenvalue weighted by molar-refractivity contribution is 0.256. The third kappa shape index (κ3) is 60.0. The highest BCUT2D eigenvalue weighted by Crippen LogP contribution is 2.53. The van der Waals surface area contributed by atoms with Crippen molar-refractivity contribution in [1.29, 1.82) is 0 Å². The lowest BCUT2D eigenvalue weighted by atomic mass is 9.74. The molecule has 0 radical (unpaired) electrons. The molecule has 0 aliphatic carbocycles. The van der Waals surface area contributed by atoms with Crippen LogP contribution in [-0.2, 0) is 49.1 Å². The summed E-state index contributed by atoms with van der Waals surface area (Å²) < 4.78 is 64.1. The predicted molar refractivity (Wildman–Crippen MR) is 650 cm³/mol. The Bertz CT molecular complexity index is 4000. The maximum Gasteiger partial charge on any atom is 0.463 e. The van der Waals surface area contributed by atoms with E-state index >= 15 is 0 Å². The van der Waals surface area contributed by atoms with Gasteiger partial charge in [-0.2, -0.15) is 0 Å². The minimum Gasteiger partial charge on any atom is -0.418 e. The van der Waals surface area contributed by atoms with Crippen molar-refractivity contribution in [1.82, 2.24) is 0 Å². The molecule has 12 heteroatoms. The largest absolute Gasteiger partial charge is 0.463 e. The first-order valence-corrected chi connectivity index (χ1v) is 66.3. The van der Waals surface area contributed by atoms with E-state index in [-0.39, 0.29) is 28.1 Å². The van der Waals surface area contributed by atoms with Crippen molar-refractivity contribution in [2.45, 2.75) is 628 Å². The number of unbranched alkanes of at least 4 members (excludes halogenated alkanes) is 63. The molecule has 9 nitrogen and oxygen atoms in total. The average molecular weight is 2100 g/mol. The van der Waals surface area contributed by atoms with Crippen LogP contribution in [0.3, 0.4) is 0 Å². The van der Waals surface area contributed by atoms with Gasteiger partial charge in [0.25, 0.3) is 0 Å². The predicted octanol–water partition coefficient (Wildman–Crippen LogP) is 47.6. The van der Waals surface area contributed by atoms with Crippen LogP contribution in [0.15, 0.2) is 109 Å². The topological polar surface area (TPSA) is 83.1 Å². The van der Waals surface area contributed by atoms with Crippen molar-refractivity contribution in [2.75, 3.05) is 19.8 Å². The first-order chi connectivity index (χ1) is 71.9. The first-order valence-electron chi connectivity index (χ1n) is 63.0. The minimum atomic E-state index is -1.86. The highest BCUT2D eigenvalue weighted by atomic mass is 31.2. The number of rotatable bonds is 95. The second kappa shape index (κ2) is 82.7. The summed E-state index contributed by atoms with van der Waals surface area (Å²) in [5, 5.41) is 0. The first kappa shape index (κ1) is 132. The highest BCUT2D eigenvalue weighted by Gasteiger charge is 2.35. The summed E-state index contributed by atoms with van der Waals surface area (Å²) in [6.07, 6.45) is 94.9. The summed E-state index contributed by atoms with van der Waals surface area (Å²) in [7, 11) is -5.55. The van der Waals surface area contributed by atoms with Gasteiger partial charge in [-0.05, 0) is 212 Å². The summed E-state index contributed by atoms with van der Waals surface area (Å²) in [4.78, 5) is 0. The van der Waals surface area contributed by atoms with Gasteiger partial charge in [0, 0.05) is 22.6 Å². The van der Waals surface area contributed by atoms with Crippen molar-refractivity contribution in [2.24, 2.45) is 0 Å². The second-order valence-electron chi connectivity index (χ2n) is 48.2. The molecule has 148 heavy (non-hydrogen) atoms. The SMILES string of the molecule is CCCCCCCCCCCCCCCCCCOP(Oc1ccc(CCCCCCCCC)cc1)Oc1cc(C)c(C(C)CC(c2cc(C(C)(C)C)c(OP(OCCCCCCCCCCCCCCCCCC)Oc3ccc(CCCCCCCCC)cc3)cc2C)c2cc(C(C)(C)C)c(OP(OCCCCCCCCCCCCCCCCCC)Oc3ccc(CCCCCCCCC)cc3)cc2C)cc1C(C)(C)C. The Kier molecular flexibility index (Phi) is 73.8. The molecule has 0 bridgehead atoms. The van der Waals surface area contributed by atoms with Crippen LogP contribution in [0.25, 0.3) is 0 Å². The Morgan fingerprint density at radius 3 is 0.581 bits per heavy atom. The van der Waals surface area contributed by atoms with Crippen LogP contribution < -0.4 is 27.1 Å². The van der Waals surface area contributed by atoms with Crippen molar-refractivity contribution in [3.8, 4) is 34.5 Å². The molecule has 4 unspecified atom stereocenters. The molecule has 6 aromatic carbocycles. The lowest BCUT2D eigenvalue weighted by Gasteiger charge is -2.33. The molecule has 0 fully saturated rings. The molecule has 0 amide bonds. The quantitative estimate of drug-likeness (QED) is 0.0274. The normalized spacial score (nSPS) is 13.1. The summed E-state index contributed by atoms with van der Waals surface area (Å²) in [6.45, 7) is 46.1. The van der Waals surface area contributed by atoms with Gasteiger partial charge in [-0.15, -0.1) is 0 Å². The molecular weight excluding hydrogens is 1870 g/mol. The van der Waals surface area contributed by atoms with Crippen LogP contribution in [0.4, 0.5) is 0 Å². The summed E-state index contributed by atoms with van der Waals surface area (Å²) in [5.41, 5.74) is 13.9. The summed E-state index contributed by atoms with van der Waals surface area (Å²) in [6, 6.07) is 41.0. The number of hydrogen-bond acceptors (Lipinski definition) is 9. The molecule has 0 N–H and O–H groups in total. The van der Waals surface area contributed by atoms with Crippen LogP contribution in [0.2, 0.25) is 0 Å². The van der Waals surface area contributed by atoms with Gasteiger partial charge in [-0.1, -0.05) is 570 Å². The van der Waals surface area contributed by atoms with Crippen LogP contribution in [0.5, 0.6) is 34.5 Å². The zero-order chi connectivity index (χ0) is 107. The van der Waals surface area contributed by atoms with Crippen molar-refractivity contribution >= 4 is 25.8 Å². The van der Waals surface area contributed by atoms with E-state index in [9.17, 15) is 0 Å². The monoisotopic (exact) mass is 2100 g/mol. The molecule has 6 aromatic rings. The van der Waals surface area contributed by atoms with E-state index < -0.39 is 25.8 Å². The van der Waals surface area contributed by atoms with Crippen LogP contribution >= 0.6 is 25.8 Å². The Morgan fingerprint density at radius 1 is 0.209 bits per heavy atom. The van der Waals surface area contributed by atoms with E-state index in [0.29, 0.717) is 19.8 Å². The maximum absolute atomic E-state index is 7.43. The number of aryl methyl sites for hydroxylation is 6. The van der Waals surface area contributed by atoms with Gasteiger partial charge >= 0.3 is 25.8 Å². The van der Waals surface area contributed by atoms with Crippen LogP contribution in [0.1, 0.15) is 639 Å². The zero-order valence-electron chi connectivity index (χ0n) is 99.8. The highest BCUT2D eigenvalue weighted by molar-refractivity contribution is 7.43. The van der Waals surface area contributed by atoms with Gasteiger partial charge in [-0.25, -0.2) is 0 Å². The van der Waals surface area contributed by atoms with Gasteiger partial charge in [0.1, 0.15) is 34.5 Å². The Balaban J connectivity index is 1.39.